The third-order valence-corrected chi connectivity index (χ3v) is 1.95. The van der Waals surface area contributed by atoms with Crippen molar-refractivity contribution in [3.05, 3.63) is 11.9 Å². The highest BCUT2D eigenvalue weighted by Crippen LogP contribution is 2.09. The highest BCUT2D eigenvalue weighted by Gasteiger charge is 2.17. The van der Waals surface area contributed by atoms with Crippen LogP contribution in [0, 0.1) is 12.3 Å². The van der Waals surface area contributed by atoms with E-state index >= 15 is 0 Å². The summed E-state index contributed by atoms with van der Waals surface area (Å²) in [4.78, 5) is 13.4. The minimum Gasteiger partial charge on any atom is -0.396 e. The van der Waals surface area contributed by atoms with Gasteiger partial charge in [-0.05, 0) is 6.42 Å². The van der Waals surface area contributed by atoms with Crippen molar-refractivity contribution in [2.45, 2.75) is 13.3 Å². The average Bonchev–Trinajstić information content (AvgIpc) is 2.63. The first-order valence-electron chi connectivity index (χ1n) is 4.72. The van der Waals surface area contributed by atoms with Gasteiger partial charge in [0.25, 0.3) is 5.91 Å². The molecule has 1 heterocycles. The number of aromatic nitrogens is 2. The maximum atomic E-state index is 11.9. The largest absolute Gasteiger partial charge is 0.396 e. The van der Waals surface area contributed by atoms with E-state index in [4.69, 9.17) is 12.2 Å². The third-order valence-electron chi connectivity index (χ3n) is 1.95. The number of hydrogen-bond acceptors (Lipinski definition) is 3. The Morgan fingerprint density at radius 1 is 1.80 bits per heavy atom. The minimum atomic E-state index is -0.204. The summed E-state index contributed by atoms with van der Waals surface area (Å²) in [7, 11) is 0. The van der Waals surface area contributed by atoms with Crippen LogP contribution in [0.15, 0.2) is 6.20 Å². The fraction of sp³-hybridized carbons (Fsp3) is 0.400. The molecule has 0 saturated heterocycles. The van der Waals surface area contributed by atoms with Crippen LogP contribution in [-0.2, 0) is 0 Å². The lowest BCUT2D eigenvalue weighted by Gasteiger charge is -2.18. The predicted molar refractivity (Wildman–Crippen MR) is 58.0 cm³/mol. The van der Waals surface area contributed by atoms with Gasteiger partial charge in [0.1, 0.15) is 5.69 Å². The highest BCUT2D eigenvalue weighted by molar-refractivity contribution is 5.97. The average molecular weight is 206 g/mol. The van der Waals surface area contributed by atoms with Gasteiger partial charge in [-0.2, -0.15) is 5.10 Å². The number of nitrogens with zero attached hydrogens (tertiary/aromatic N) is 2. The Morgan fingerprint density at radius 2 is 2.53 bits per heavy atom. The normalized spacial score (nSPS) is 9.60. The van der Waals surface area contributed by atoms with Crippen LogP contribution < -0.4 is 5.73 Å². The molecule has 3 N–H and O–H groups in total. The van der Waals surface area contributed by atoms with Crippen LogP contribution in [0.1, 0.15) is 23.8 Å². The van der Waals surface area contributed by atoms with Gasteiger partial charge >= 0.3 is 0 Å². The maximum absolute atomic E-state index is 11.9. The molecule has 0 aromatic carbocycles. The van der Waals surface area contributed by atoms with Gasteiger partial charge in [0.05, 0.1) is 18.4 Å². The van der Waals surface area contributed by atoms with E-state index in [0.717, 1.165) is 6.42 Å². The number of amides is 1. The number of carbonyl (C=O) groups is 1. The van der Waals surface area contributed by atoms with Crippen LogP contribution in [0.25, 0.3) is 0 Å². The van der Waals surface area contributed by atoms with E-state index in [9.17, 15) is 4.79 Å². The first-order valence-corrected chi connectivity index (χ1v) is 4.72. The van der Waals surface area contributed by atoms with E-state index in [1.807, 2.05) is 6.92 Å². The van der Waals surface area contributed by atoms with E-state index in [1.54, 1.807) is 4.90 Å². The molecule has 1 rings (SSSR count). The Hall–Kier alpha value is -1.96. The molecule has 0 fully saturated rings. The smallest absolute Gasteiger partial charge is 0.274 e. The van der Waals surface area contributed by atoms with E-state index in [-0.39, 0.29) is 12.5 Å². The molecule has 0 aliphatic heterocycles. The van der Waals surface area contributed by atoms with Gasteiger partial charge in [0.15, 0.2) is 0 Å². The molecule has 0 saturated carbocycles. The zero-order chi connectivity index (χ0) is 11.3. The summed E-state index contributed by atoms with van der Waals surface area (Å²) < 4.78 is 0. The van der Waals surface area contributed by atoms with Crippen molar-refractivity contribution in [3.63, 3.8) is 0 Å². The van der Waals surface area contributed by atoms with E-state index in [1.165, 1.54) is 6.20 Å². The van der Waals surface area contributed by atoms with Crippen LogP contribution in [0.5, 0.6) is 0 Å². The van der Waals surface area contributed by atoms with E-state index in [0.29, 0.717) is 17.9 Å². The lowest BCUT2D eigenvalue weighted by Crippen LogP contribution is -2.32. The summed E-state index contributed by atoms with van der Waals surface area (Å²) in [6.07, 6.45) is 7.45. The molecule has 0 radical (unpaired) electrons. The number of hydrogen-bond donors (Lipinski definition) is 2. The molecule has 0 unspecified atom stereocenters. The fourth-order valence-corrected chi connectivity index (χ4v) is 1.26. The van der Waals surface area contributed by atoms with Gasteiger partial charge < -0.3 is 10.6 Å². The minimum absolute atomic E-state index is 0.204. The Morgan fingerprint density at radius 3 is 3.00 bits per heavy atom. The molecular weight excluding hydrogens is 192 g/mol. The number of nitrogens with one attached hydrogen (secondary N) is 1. The number of rotatable bonds is 4. The van der Waals surface area contributed by atoms with Crippen LogP contribution in [0.4, 0.5) is 5.69 Å². The number of nitrogen functional groups attached to an aromatic ring is 1. The zero-order valence-corrected chi connectivity index (χ0v) is 8.66. The lowest BCUT2D eigenvalue weighted by molar-refractivity contribution is 0.0772. The van der Waals surface area contributed by atoms with Crippen molar-refractivity contribution >= 4 is 11.6 Å². The molecular formula is C10H14N4O. The molecule has 5 nitrogen and oxygen atoms in total. The van der Waals surface area contributed by atoms with Crippen LogP contribution in [0.2, 0.25) is 0 Å². The van der Waals surface area contributed by atoms with Crippen molar-refractivity contribution in [2.75, 3.05) is 18.8 Å². The van der Waals surface area contributed by atoms with E-state index < -0.39 is 0 Å². The monoisotopic (exact) mass is 206 g/mol. The molecule has 5 heteroatoms. The number of H-pyrrole nitrogens is 1. The molecule has 1 amide bonds. The Kier molecular flexibility index (Phi) is 3.75. The quantitative estimate of drug-likeness (QED) is 0.703. The molecule has 1 aromatic heterocycles. The van der Waals surface area contributed by atoms with Crippen LogP contribution in [-0.4, -0.2) is 34.1 Å². The molecule has 0 spiro atoms. The number of anilines is 1. The van der Waals surface area contributed by atoms with Gasteiger partial charge in [0.2, 0.25) is 0 Å². The van der Waals surface area contributed by atoms with Crippen molar-refractivity contribution in [2.24, 2.45) is 0 Å². The van der Waals surface area contributed by atoms with Crippen molar-refractivity contribution in [1.29, 1.82) is 0 Å². The van der Waals surface area contributed by atoms with Gasteiger partial charge in [0, 0.05) is 6.54 Å². The molecule has 0 aliphatic carbocycles. The second kappa shape index (κ2) is 5.05. The second-order valence-corrected chi connectivity index (χ2v) is 3.13. The predicted octanol–water partition coefficient (Wildman–Crippen LogP) is 0.477. The van der Waals surface area contributed by atoms with E-state index in [2.05, 4.69) is 16.1 Å². The molecule has 1 aromatic rings. The molecule has 0 atom stereocenters. The lowest BCUT2D eigenvalue weighted by atomic mass is 10.3. The third kappa shape index (κ3) is 2.50. The van der Waals surface area contributed by atoms with Crippen molar-refractivity contribution in [3.8, 4) is 12.3 Å². The number of terminal acetylenes is 1. The van der Waals surface area contributed by atoms with Crippen LogP contribution in [0.3, 0.4) is 0 Å². The van der Waals surface area contributed by atoms with Crippen molar-refractivity contribution < 1.29 is 4.79 Å². The molecule has 80 valence electrons. The number of nitrogens with two attached hydrogens (primary N) is 1. The van der Waals surface area contributed by atoms with Gasteiger partial charge in [-0.25, -0.2) is 0 Å². The SMILES string of the molecule is C#CCN(CCC)C(=O)c1[nH]ncc1N. The summed E-state index contributed by atoms with van der Waals surface area (Å²) in [5, 5.41) is 6.26. The molecule has 15 heavy (non-hydrogen) atoms. The van der Waals surface area contributed by atoms with Gasteiger partial charge in [-0.1, -0.05) is 12.8 Å². The highest BCUT2D eigenvalue weighted by atomic mass is 16.2. The topological polar surface area (TPSA) is 75.0 Å². The summed E-state index contributed by atoms with van der Waals surface area (Å²) in [5.74, 6) is 2.24. The van der Waals surface area contributed by atoms with Crippen molar-refractivity contribution in [1.82, 2.24) is 15.1 Å². The number of aromatic amines is 1. The molecule has 0 aliphatic rings. The molecule has 0 bridgehead atoms. The van der Waals surface area contributed by atoms with Gasteiger partial charge in [-0.3, -0.25) is 9.89 Å². The van der Waals surface area contributed by atoms with Gasteiger partial charge in [-0.15, -0.1) is 6.42 Å². The standard InChI is InChI=1S/C10H14N4O/c1-3-5-14(6-4-2)10(15)9-8(11)7-12-13-9/h1,7H,4-6,11H2,2H3,(H,12,13). The Bertz CT molecular complexity index is 377. The fourth-order valence-electron chi connectivity index (χ4n) is 1.26. The Labute approximate surface area is 88.6 Å². The summed E-state index contributed by atoms with van der Waals surface area (Å²) >= 11 is 0. The zero-order valence-electron chi connectivity index (χ0n) is 8.66. The van der Waals surface area contributed by atoms with Crippen LogP contribution >= 0.6 is 0 Å². The Balaban J connectivity index is 2.81. The summed E-state index contributed by atoms with van der Waals surface area (Å²) in [6, 6.07) is 0. The number of carbonyl (C=O) groups excluding carboxylic acids is 1. The maximum Gasteiger partial charge on any atom is 0.274 e. The summed E-state index contributed by atoms with van der Waals surface area (Å²) in [6.45, 7) is 2.87. The summed E-state index contributed by atoms with van der Waals surface area (Å²) in [5.41, 5.74) is 6.23. The first-order chi connectivity index (χ1) is 7.20. The second-order valence-electron chi connectivity index (χ2n) is 3.13. The first kappa shape index (κ1) is 11.1.